The summed E-state index contributed by atoms with van der Waals surface area (Å²) in [5.74, 6) is -0.415. The van der Waals surface area contributed by atoms with Gasteiger partial charge in [-0.25, -0.2) is 8.42 Å². The van der Waals surface area contributed by atoms with Crippen molar-refractivity contribution in [2.75, 3.05) is 26.0 Å². The number of aryl methyl sites for hydroxylation is 1. The second kappa shape index (κ2) is 6.91. The Bertz CT molecular complexity index is 611. The SMILES string of the molecule is COC(=O)CNc1cc(S(=O)(=O)N(C)C(C)C)ccc1C. The average Bonchev–Trinajstić information content (AvgIpc) is 2.44. The number of anilines is 1. The molecule has 6 nitrogen and oxygen atoms in total. The topological polar surface area (TPSA) is 75.7 Å². The molecule has 0 aliphatic rings. The number of hydrogen-bond acceptors (Lipinski definition) is 5. The maximum atomic E-state index is 12.4. The van der Waals surface area contributed by atoms with Crippen LogP contribution in [-0.2, 0) is 19.6 Å². The predicted molar refractivity (Wildman–Crippen MR) is 81.8 cm³/mol. The maximum Gasteiger partial charge on any atom is 0.325 e. The standard InChI is InChI=1S/C14H22N2O4S/c1-10(2)16(4)21(18,19)12-7-6-11(3)13(8-12)15-9-14(17)20-5/h6-8,10,15H,9H2,1-5H3. The Morgan fingerprint density at radius 3 is 2.52 bits per heavy atom. The third-order valence-corrected chi connectivity index (χ3v) is 5.29. The van der Waals surface area contributed by atoms with Gasteiger partial charge in [0.2, 0.25) is 10.0 Å². The van der Waals surface area contributed by atoms with Gasteiger partial charge in [0.25, 0.3) is 0 Å². The lowest BCUT2D eigenvalue weighted by molar-refractivity contribution is -0.138. The molecule has 0 heterocycles. The van der Waals surface area contributed by atoms with Crippen molar-refractivity contribution >= 4 is 21.7 Å². The second-order valence-corrected chi connectivity index (χ2v) is 7.02. The molecule has 1 aromatic carbocycles. The zero-order chi connectivity index (χ0) is 16.2. The summed E-state index contributed by atoms with van der Waals surface area (Å²) >= 11 is 0. The van der Waals surface area contributed by atoms with E-state index in [1.807, 2.05) is 20.8 Å². The summed E-state index contributed by atoms with van der Waals surface area (Å²) in [7, 11) is -0.700. The van der Waals surface area contributed by atoms with Crippen molar-refractivity contribution in [1.82, 2.24) is 4.31 Å². The van der Waals surface area contributed by atoms with Gasteiger partial charge in [0.1, 0.15) is 6.54 Å². The van der Waals surface area contributed by atoms with Crippen LogP contribution in [0, 0.1) is 6.92 Å². The number of carbonyl (C=O) groups is 1. The minimum absolute atomic E-state index is 0.0130. The lowest BCUT2D eigenvalue weighted by atomic mass is 10.2. The van der Waals surface area contributed by atoms with Gasteiger partial charge < -0.3 is 10.1 Å². The van der Waals surface area contributed by atoms with Crippen LogP contribution in [0.4, 0.5) is 5.69 Å². The Labute approximate surface area is 126 Å². The molecule has 0 saturated carbocycles. The highest BCUT2D eigenvalue weighted by molar-refractivity contribution is 7.89. The second-order valence-electron chi connectivity index (χ2n) is 5.02. The number of nitrogens with one attached hydrogen (secondary N) is 1. The maximum absolute atomic E-state index is 12.4. The van der Waals surface area contributed by atoms with E-state index in [4.69, 9.17) is 0 Å². The summed E-state index contributed by atoms with van der Waals surface area (Å²) in [5.41, 5.74) is 1.45. The highest BCUT2D eigenvalue weighted by Crippen LogP contribution is 2.23. The van der Waals surface area contributed by atoms with E-state index in [-0.39, 0.29) is 17.5 Å². The molecular weight excluding hydrogens is 292 g/mol. The minimum atomic E-state index is -3.54. The van der Waals surface area contributed by atoms with E-state index in [1.165, 1.54) is 17.5 Å². The summed E-state index contributed by atoms with van der Waals surface area (Å²) in [4.78, 5) is 11.4. The first-order chi connectivity index (χ1) is 9.70. The van der Waals surface area contributed by atoms with Crippen molar-refractivity contribution in [3.05, 3.63) is 23.8 Å². The Kier molecular flexibility index (Phi) is 5.74. The van der Waals surface area contributed by atoms with E-state index < -0.39 is 16.0 Å². The average molecular weight is 314 g/mol. The Morgan fingerprint density at radius 2 is 2.00 bits per heavy atom. The molecule has 0 atom stereocenters. The van der Waals surface area contributed by atoms with E-state index >= 15 is 0 Å². The van der Waals surface area contributed by atoms with Gasteiger partial charge in [-0.2, -0.15) is 4.31 Å². The molecule has 0 radical (unpaired) electrons. The van der Waals surface area contributed by atoms with Crippen molar-refractivity contribution in [2.24, 2.45) is 0 Å². The van der Waals surface area contributed by atoms with Gasteiger partial charge in [0.05, 0.1) is 12.0 Å². The van der Waals surface area contributed by atoms with Crippen LogP contribution in [-0.4, -0.2) is 45.4 Å². The van der Waals surface area contributed by atoms with Crippen LogP contribution in [0.25, 0.3) is 0 Å². The van der Waals surface area contributed by atoms with Crippen LogP contribution < -0.4 is 5.32 Å². The monoisotopic (exact) mass is 314 g/mol. The van der Waals surface area contributed by atoms with Gasteiger partial charge in [-0.15, -0.1) is 0 Å². The third kappa shape index (κ3) is 4.18. The zero-order valence-corrected chi connectivity index (χ0v) is 13.8. The molecule has 1 N–H and O–H groups in total. The molecule has 0 aliphatic carbocycles. The van der Waals surface area contributed by atoms with Crippen molar-refractivity contribution in [3.63, 3.8) is 0 Å². The van der Waals surface area contributed by atoms with Crippen molar-refractivity contribution < 1.29 is 17.9 Å². The number of rotatable bonds is 6. The van der Waals surface area contributed by atoms with E-state index in [1.54, 1.807) is 19.2 Å². The molecule has 0 aliphatic heterocycles. The lowest BCUT2D eigenvalue weighted by Crippen LogP contribution is -2.33. The van der Waals surface area contributed by atoms with E-state index in [0.717, 1.165) is 5.56 Å². The van der Waals surface area contributed by atoms with Crippen LogP contribution in [0.2, 0.25) is 0 Å². The summed E-state index contributed by atoms with van der Waals surface area (Å²) < 4.78 is 30.7. The number of methoxy groups -OCH3 is 1. The zero-order valence-electron chi connectivity index (χ0n) is 13.0. The predicted octanol–water partition coefficient (Wildman–Crippen LogP) is 1.61. The fraction of sp³-hybridized carbons (Fsp3) is 0.500. The number of sulfonamides is 1. The van der Waals surface area contributed by atoms with Gasteiger partial charge in [0.15, 0.2) is 0 Å². The van der Waals surface area contributed by atoms with Gasteiger partial charge in [-0.1, -0.05) is 6.07 Å². The fourth-order valence-electron chi connectivity index (χ4n) is 1.64. The minimum Gasteiger partial charge on any atom is -0.468 e. The third-order valence-electron chi connectivity index (χ3n) is 3.26. The Hall–Kier alpha value is -1.60. The number of carbonyl (C=O) groups excluding carboxylic acids is 1. The summed E-state index contributed by atoms with van der Waals surface area (Å²) in [6.45, 7) is 5.44. The van der Waals surface area contributed by atoms with Crippen LogP contribution in [0.1, 0.15) is 19.4 Å². The molecule has 0 amide bonds. The molecule has 0 spiro atoms. The molecule has 7 heteroatoms. The van der Waals surface area contributed by atoms with Gasteiger partial charge >= 0.3 is 5.97 Å². The number of ether oxygens (including phenoxy) is 1. The van der Waals surface area contributed by atoms with Crippen molar-refractivity contribution in [3.8, 4) is 0 Å². The summed E-state index contributed by atoms with van der Waals surface area (Å²) in [6.07, 6.45) is 0. The summed E-state index contributed by atoms with van der Waals surface area (Å²) in [6, 6.07) is 4.67. The van der Waals surface area contributed by atoms with Crippen LogP contribution in [0.5, 0.6) is 0 Å². The van der Waals surface area contributed by atoms with E-state index in [9.17, 15) is 13.2 Å². The van der Waals surface area contributed by atoms with Crippen molar-refractivity contribution in [2.45, 2.75) is 31.7 Å². The van der Waals surface area contributed by atoms with Crippen LogP contribution in [0.15, 0.2) is 23.1 Å². The normalized spacial score (nSPS) is 11.8. The molecule has 118 valence electrons. The molecule has 0 bridgehead atoms. The quantitative estimate of drug-likeness (QED) is 0.807. The summed E-state index contributed by atoms with van der Waals surface area (Å²) in [5, 5.41) is 2.89. The molecule has 0 aromatic heterocycles. The van der Waals surface area contributed by atoms with Crippen LogP contribution >= 0.6 is 0 Å². The van der Waals surface area contributed by atoms with E-state index in [2.05, 4.69) is 10.1 Å². The Balaban J connectivity index is 3.09. The Morgan fingerprint density at radius 1 is 1.38 bits per heavy atom. The van der Waals surface area contributed by atoms with Crippen molar-refractivity contribution in [1.29, 1.82) is 0 Å². The molecule has 21 heavy (non-hydrogen) atoms. The fourth-order valence-corrected chi connectivity index (χ4v) is 3.03. The van der Waals surface area contributed by atoms with Gasteiger partial charge in [-0.3, -0.25) is 4.79 Å². The first kappa shape index (κ1) is 17.5. The molecule has 1 aromatic rings. The highest BCUT2D eigenvalue weighted by atomic mass is 32.2. The largest absolute Gasteiger partial charge is 0.468 e. The molecular formula is C14H22N2O4S. The molecule has 1 rings (SSSR count). The first-order valence-corrected chi connectivity index (χ1v) is 8.03. The van der Waals surface area contributed by atoms with Gasteiger partial charge in [-0.05, 0) is 38.5 Å². The first-order valence-electron chi connectivity index (χ1n) is 6.59. The smallest absolute Gasteiger partial charge is 0.325 e. The molecule has 0 unspecified atom stereocenters. The lowest BCUT2D eigenvalue weighted by Gasteiger charge is -2.21. The highest BCUT2D eigenvalue weighted by Gasteiger charge is 2.23. The van der Waals surface area contributed by atoms with Gasteiger partial charge in [0, 0.05) is 18.8 Å². The number of nitrogens with zero attached hydrogens (tertiary/aromatic N) is 1. The molecule has 0 saturated heterocycles. The van der Waals surface area contributed by atoms with E-state index in [0.29, 0.717) is 5.69 Å². The van der Waals surface area contributed by atoms with Crippen LogP contribution in [0.3, 0.4) is 0 Å². The number of esters is 1. The number of benzene rings is 1. The number of hydrogen-bond donors (Lipinski definition) is 1. The molecule has 0 fully saturated rings.